The SMILES string of the molecule is Cc1cc(C)c(C2=C(OC(=O)C(C)(C)C)C3(CCCCC3)OC2=O)c(OCC(F)(F)F)c1. The van der Waals surface area contributed by atoms with Crippen LogP contribution in [0.25, 0.3) is 5.57 Å². The Morgan fingerprint density at radius 3 is 2.28 bits per heavy atom. The summed E-state index contributed by atoms with van der Waals surface area (Å²) in [6.07, 6.45) is -1.07. The van der Waals surface area contributed by atoms with E-state index >= 15 is 0 Å². The van der Waals surface area contributed by atoms with Crippen LogP contribution in [0, 0.1) is 19.3 Å². The molecule has 2 aliphatic rings. The zero-order chi connectivity index (χ0) is 23.9. The summed E-state index contributed by atoms with van der Waals surface area (Å²) < 4.78 is 55.4. The molecule has 1 spiro atoms. The normalized spacial score (nSPS) is 18.7. The molecule has 0 saturated heterocycles. The van der Waals surface area contributed by atoms with Crippen LogP contribution >= 0.6 is 0 Å². The van der Waals surface area contributed by atoms with Gasteiger partial charge in [0.1, 0.15) is 11.3 Å². The molecule has 1 saturated carbocycles. The number of ether oxygens (including phenoxy) is 3. The van der Waals surface area contributed by atoms with Gasteiger partial charge in [-0.3, -0.25) is 4.79 Å². The van der Waals surface area contributed by atoms with Gasteiger partial charge in [-0.25, -0.2) is 4.79 Å². The third-order valence-corrected chi connectivity index (χ3v) is 5.69. The Balaban J connectivity index is 2.21. The largest absolute Gasteiger partial charge is 0.483 e. The van der Waals surface area contributed by atoms with Crippen LogP contribution in [0.1, 0.15) is 69.6 Å². The number of halogens is 3. The van der Waals surface area contributed by atoms with Crippen LogP contribution in [-0.4, -0.2) is 30.3 Å². The number of carbonyl (C=O) groups is 2. The first-order valence-electron chi connectivity index (χ1n) is 10.7. The lowest BCUT2D eigenvalue weighted by atomic mass is 9.81. The van der Waals surface area contributed by atoms with E-state index in [4.69, 9.17) is 14.2 Å². The maximum absolute atomic E-state index is 13.1. The molecule has 0 N–H and O–H groups in total. The van der Waals surface area contributed by atoms with E-state index in [2.05, 4.69) is 0 Å². The Morgan fingerprint density at radius 1 is 1.09 bits per heavy atom. The Labute approximate surface area is 185 Å². The standard InChI is InChI=1S/C24H29F3O5/c1-14-11-15(2)17(16(12-14)30-13-24(25,26)27)18-19(31-21(29)22(3,4)5)23(32-20(18)28)9-7-6-8-10-23/h11-12H,6-10,13H2,1-5H3. The average Bonchev–Trinajstić information content (AvgIpc) is 2.90. The second kappa shape index (κ2) is 8.45. The topological polar surface area (TPSA) is 61.8 Å². The molecule has 32 heavy (non-hydrogen) atoms. The summed E-state index contributed by atoms with van der Waals surface area (Å²) >= 11 is 0. The quantitative estimate of drug-likeness (QED) is 0.538. The molecule has 1 aliphatic carbocycles. The molecule has 176 valence electrons. The first-order chi connectivity index (χ1) is 14.7. The molecule has 0 bridgehead atoms. The molecule has 0 amide bonds. The van der Waals surface area contributed by atoms with Gasteiger partial charge >= 0.3 is 18.1 Å². The molecule has 1 fully saturated rings. The van der Waals surface area contributed by atoms with E-state index < -0.39 is 35.7 Å². The molecule has 0 aromatic heterocycles. The van der Waals surface area contributed by atoms with E-state index in [0.29, 0.717) is 24.0 Å². The Hall–Kier alpha value is -2.51. The van der Waals surface area contributed by atoms with Crippen LogP contribution in [0.5, 0.6) is 5.75 Å². The summed E-state index contributed by atoms with van der Waals surface area (Å²) in [4.78, 5) is 25.9. The molecule has 0 unspecified atom stereocenters. The van der Waals surface area contributed by atoms with Gasteiger partial charge in [0.05, 0.1) is 5.41 Å². The van der Waals surface area contributed by atoms with Crippen molar-refractivity contribution in [2.75, 3.05) is 6.61 Å². The molecule has 0 atom stereocenters. The van der Waals surface area contributed by atoms with Gasteiger partial charge in [-0.05, 0) is 77.5 Å². The molecular weight excluding hydrogens is 425 g/mol. The van der Waals surface area contributed by atoms with Crippen LogP contribution in [0.3, 0.4) is 0 Å². The lowest BCUT2D eigenvalue weighted by molar-refractivity contribution is -0.159. The smallest absolute Gasteiger partial charge is 0.422 e. The van der Waals surface area contributed by atoms with E-state index in [1.165, 1.54) is 6.07 Å². The minimum atomic E-state index is -4.55. The van der Waals surface area contributed by atoms with Gasteiger partial charge in [0.2, 0.25) is 0 Å². The summed E-state index contributed by atoms with van der Waals surface area (Å²) in [5, 5.41) is 0. The highest BCUT2D eigenvalue weighted by Crippen LogP contribution is 2.49. The summed E-state index contributed by atoms with van der Waals surface area (Å²) in [6, 6.07) is 3.19. The average molecular weight is 454 g/mol. The van der Waals surface area contributed by atoms with Gasteiger partial charge < -0.3 is 14.2 Å². The number of esters is 2. The van der Waals surface area contributed by atoms with E-state index in [9.17, 15) is 22.8 Å². The second-order valence-corrected chi connectivity index (χ2v) is 9.65. The van der Waals surface area contributed by atoms with E-state index in [-0.39, 0.29) is 22.6 Å². The fourth-order valence-corrected chi connectivity index (χ4v) is 4.18. The Morgan fingerprint density at radius 2 is 1.72 bits per heavy atom. The van der Waals surface area contributed by atoms with Crippen molar-refractivity contribution in [2.24, 2.45) is 5.41 Å². The number of rotatable bonds is 4. The number of carbonyl (C=O) groups excluding carboxylic acids is 2. The highest BCUT2D eigenvalue weighted by atomic mass is 19.4. The molecule has 8 heteroatoms. The predicted molar refractivity (Wildman–Crippen MR) is 112 cm³/mol. The molecule has 3 rings (SSSR count). The van der Waals surface area contributed by atoms with Crippen LogP contribution in [0.2, 0.25) is 0 Å². The minimum absolute atomic E-state index is 0.0285. The molecule has 1 aromatic rings. The highest BCUT2D eigenvalue weighted by molar-refractivity contribution is 6.21. The summed E-state index contributed by atoms with van der Waals surface area (Å²) in [7, 11) is 0. The molecule has 1 aliphatic heterocycles. The number of hydrogen-bond donors (Lipinski definition) is 0. The monoisotopic (exact) mass is 454 g/mol. The highest BCUT2D eigenvalue weighted by Gasteiger charge is 2.52. The van der Waals surface area contributed by atoms with Crippen molar-refractivity contribution >= 4 is 17.5 Å². The van der Waals surface area contributed by atoms with Crippen molar-refractivity contribution in [1.82, 2.24) is 0 Å². The van der Waals surface area contributed by atoms with E-state index in [1.54, 1.807) is 40.7 Å². The van der Waals surface area contributed by atoms with Crippen molar-refractivity contribution < 1.29 is 37.0 Å². The van der Waals surface area contributed by atoms with Crippen LogP contribution in [0.4, 0.5) is 13.2 Å². The van der Waals surface area contributed by atoms with Gasteiger partial charge in [-0.15, -0.1) is 0 Å². The van der Waals surface area contributed by atoms with Crippen molar-refractivity contribution in [3.05, 3.63) is 34.6 Å². The number of hydrogen-bond acceptors (Lipinski definition) is 5. The summed E-state index contributed by atoms with van der Waals surface area (Å²) in [5.74, 6) is -1.27. The van der Waals surface area contributed by atoms with E-state index in [1.807, 2.05) is 0 Å². The molecular formula is C24H29F3O5. The summed E-state index contributed by atoms with van der Waals surface area (Å²) in [6.45, 7) is 6.97. The first-order valence-corrected chi connectivity index (χ1v) is 10.7. The van der Waals surface area contributed by atoms with Crippen LogP contribution < -0.4 is 4.74 Å². The fourth-order valence-electron chi connectivity index (χ4n) is 4.18. The maximum atomic E-state index is 13.1. The van der Waals surface area contributed by atoms with E-state index in [0.717, 1.165) is 19.3 Å². The van der Waals surface area contributed by atoms with Gasteiger partial charge in [0.25, 0.3) is 0 Å². The lowest BCUT2D eigenvalue weighted by Crippen LogP contribution is -2.37. The number of benzene rings is 1. The van der Waals surface area contributed by atoms with Crippen molar-refractivity contribution in [2.45, 2.75) is 78.5 Å². The maximum Gasteiger partial charge on any atom is 0.422 e. The predicted octanol–water partition coefficient (Wildman–Crippen LogP) is 5.80. The Kier molecular flexibility index (Phi) is 6.37. The van der Waals surface area contributed by atoms with Gasteiger partial charge in [-0.1, -0.05) is 12.5 Å². The molecule has 0 radical (unpaired) electrons. The lowest BCUT2D eigenvalue weighted by Gasteiger charge is -2.34. The van der Waals surface area contributed by atoms with Gasteiger partial charge in [0, 0.05) is 5.56 Å². The molecule has 1 heterocycles. The third kappa shape index (κ3) is 4.94. The zero-order valence-corrected chi connectivity index (χ0v) is 19.1. The van der Waals surface area contributed by atoms with Crippen LogP contribution in [-0.2, 0) is 19.1 Å². The van der Waals surface area contributed by atoms with Gasteiger partial charge in [-0.2, -0.15) is 13.2 Å². The first kappa shape index (κ1) is 24.1. The number of alkyl halides is 3. The third-order valence-electron chi connectivity index (χ3n) is 5.69. The van der Waals surface area contributed by atoms with Crippen molar-refractivity contribution in [3.8, 4) is 5.75 Å². The second-order valence-electron chi connectivity index (χ2n) is 9.65. The Bertz CT molecular complexity index is 948. The van der Waals surface area contributed by atoms with Gasteiger partial charge in [0.15, 0.2) is 18.0 Å². The van der Waals surface area contributed by atoms with Crippen LogP contribution in [0.15, 0.2) is 17.9 Å². The minimum Gasteiger partial charge on any atom is -0.483 e. The fraction of sp³-hybridized carbons (Fsp3) is 0.583. The van der Waals surface area contributed by atoms with Crippen molar-refractivity contribution in [3.63, 3.8) is 0 Å². The molecule has 5 nitrogen and oxygen atoms in total. The summed E-state index contributed by atoms with van der Waals surface area (Å²) in [5.41, 5.74) is -0.590. The van der Waals surface area contributed by atoms with Crippen molar-refractivity contribution in [1.29, 1.82) is 0 Å². The number of aryl methyl sites for hydroxylation is 2. The molecule has 1 aromatic carbocycles. The zero-order valence-electron chi connectivity index (χ0n) is 19.1.